The Morgan fingerprint density at radius 3 is 2.97 bits per heavy atom. The third-order valence-electron chi connectivity index (χ3n) is 4.90. The number of methoxy groups -OCH3 is 1. The van der Waals surface area contributed by atoms with Crippen LogP contribution in [-0.4, -0.2) is 29.2 Å². The van der Waals surface area contributed by atoms with Crippen LogP contribution in [0.15, 0.2) is 61.1 Å². The van der Waals surface area contributed by atoms with Crippen LogP contribution in [0.5, 0.6) is 11.5 Å². The van der Waals surface area contributed by atoms with Crippen LogP contribution < -0.4 is 14.8 Å². The summed E-state index contributed by atoms with van der Waals surface area (Å²) in [5.41, 5.74) is 3.73. The van der Waals surface area contributed by atoms with Crippen LogP contribution in [0, 0.1) is 6.92 Å². The summed E-state index contributed by atoms with van der Waals surface area (Å²) in [5.74, 6) is 1.41. The Bertz CT molecular complexity index is 1060. The summed E-state index contributed by atoms with van der Waals surface area (Å²) >= 11 is 0. The van der Waals surface area contributed by atoms with E-state index in [9.17, 15) is 4.79 Å². The molecule has 2 aromatic carbocycles. The lowest BCUT2D eigenvalue weighted by atomic mass is 10.0. The van der Waals surface area contributed by atoms with Gasteiger partial charge < -0.3 is 19.4 Å². The van der Waals surface area contributed by atoms with Crippen LogP contribution in [0.2, 0.25) is 0 Å². The number of benzene rings is 2. The number of imidazole rings is 1. The molecule has 0 bridgehead atoms. The Morgan fingerprint density at radius 1 is 1.31 bits per heavy atom. The molecular formula is C23H23N3O3. The third kappa shape index (κ3) is 4.16. The maximum absolute atomic E-state index is 12.5. The van der Waals surface area contributed by atoms with E-state index >= 15 is 0 Å². The predicted molar refractivity (Wildman–Crippen MR) is 111 cm³/mol. The first-order valence-corrected chi connectivity index (χ1v) is 9.53. The van der Waals surface area contributed by atoms with Crippen LogP contribution in [0.1, 0.15) is 29.3 Å². The molecule has 1 aliphatic heterocycles. The van der Waals surface area contributed by atoms with E-state index in [0.717, 1.165) is 34.7 Å². The van der Waals surface area contributed by atoms with Gasteiger partial charge in [0.05, 0.1) is 37.5 Å². The molecule has 6 heteroatoms. The number of ether oxygens (including phenoxy) is 2. The number of aromatic nitrogens is 2. The Balaban J connectivity index is 1.47. The molecule has 0 fully saturated rings. The molecule has 1 aromatic heterocycles. The molecule has 2 heterocycles. The SMILES string of the molecule is COc1cc(C=CC(=O)N[C@H]2CCOc3ccccc32)ccc1-n1cnc(C)c1. The summed E-state index contributed by atoms with van der Waals surface area (Å²) in [6.45, 7) is 2.54. The lowest BCUT2D eigenvalue weighted by Gasteiger charge is -2.26. The van der Waals surface area contributed by atoms with Crippen molar-refractivity contribution in [1.82, 2.24) is 14.9 Å². The van der Waals surface area contributed by atoms with Gasteiger partial charge in [-0.2, -0.15) is 0 Å². The second kappa shape index (κ2) is 8.22. The highest BCUT2D eigenvalue weighted by Crippen LogP contribution is 2.31. The second-order valence-corrected chi connectivity index (χ2v) is 6.92. The van der Waals surface area contributed by atoms with Crippen molar-refractivity contribution in [3.8, 4) is 17.2 Å². The highest BCUT2D eigenvalue weighted by molar-refractivity contribution is 5.92. The van der Waals surface area contributed by atoms with Gasteiger partial charge in [0, 0.05) is 24.3 Å². The van der Waals surface area contributed by atoms with Gasteiger partial charge in [0.25, 0.3) is 0 Å². The summed E-state index contributed by atoms with van der Waals surface area (Å²) in [4.78, 5) is 16.7. The minimum Gasteiger partial charge on any atom is -0.495 e. The molecule has 3 aromatic rings. The molecule has 29 heavy (non-hydrogen) atoms. The molecule has 0 saturated heterocycles. The van der Waals surface area contributed by atoms with E-state index in [-0.39, 0.29) is 11.9 Å². The van der Waals surface area contributed by atoms with E-state index in [1.807, 2.05) is 60.2 Å². The summed E-state index contributed by atoms with van der Waals surface area (Å²) in [5, 5.41) is 3.06. The molecular weight excluding hydrogens is 366 g/mol. The zero-order valence-corrected chi connectivity index (χ0v) is 16.5. The van der Waals surface area contributed by atoms with Crippen LogP contribution in [0.25, 0.3) is 11.8 Å². The number of aryl methyl sites for hydroxylation is 1. The monoisotopic (exact) mass is 389 g/mol. The summed E-state index contributed by atoms with van der Waals surface area (Å²) in [6, 6.07) is 13.6. The van der Waals surface area contributed by atoms with Crippen LogP contribution in [0.3, 0.4) is 0 Å². The number of nitrogens with zero attached hydrogens (tertiary/aromatic N) is 2. The minimum atomic E-state index is -0.139. The molecule has 6 nitrogen and oxygen atoms in total. The number of amides is 1. The van der Waals surface area contributed by atoms with Gasteiger partial charge in [0.2, 0.25) is 5.91 Å². The molecule has 0 aliphatic carbocycles. The van der Waals surface area contributed by atoms with E-state index in [2.05, 4.69) is 10.3 Å². The van der Waals surface area contributed by atoms with Gasteiger partial charge in [0.1, 0.15) is 11.5 Å². The Kier molecular flexibility index (Phi) is 5.33. The van der Waals surface area contributed by atoms with Gasteiger partial charge in [-0.15, -0.1) is 0 Å². The standard InChI is InChI=1S/C23H23N3O3/c1-16-14-26(15-24-16)20-9-7-17(13-22(20)28-2)8-10-23(27)25-19-11-12-29-21-6-4-3-5-18(19)21/h3-10,13-15,19H,11-12H2,1-2H3,(H,25,27)/t19-/m0/s1. The van der Waals surface area contributed by atoms with Gasteiger partial charge in [-0.3, -0.25) is 4.79 Å². The number of hydrogen-bond acceptors (Lipinski definition) is 4. The van der Waals surface area contributed by atoms with Gasteiger partial charge in [-0.05, 0) is 36.8 Å². The molecule has 1 N–H and O–H groups in total. The van der Waals surface area contributed by atoms with E-state index in [1.54, 1.807) is 25.6 Å². The molecule has 4 rings (SSSR count). The first kappa shape index (κ1) is 18.8. The molecule has 0 unspecified atom stereocenters. The minimum absolute atomic E-state index is 0.0431. The molecule has 0 spiro atoms. The average molecular weight is 389 g/mol. The van der Waals surface area contributed by atoms with E-state index in [4.69, 9.17) is 9.47 Å². The zero-order valence-electron chi connectivity index (χ0n) is 16.5. The molecule has 1 atom stereocenters. The largest absolute Gasteiger partial charge is 0.495 e. The Hall–Kier alpha value is -3.54. The van der Waals surface area contributed by atoms with Crippen molar-refractivity contribution in [3.63, 3.8) is 0 Å². The Labute approximate surface area is 169 Å². The zero-order chi connectivity index (χ0) is 20.2. The first-order chi connectivity index (χ1) is 14.1. The fraction of sp³-hybridized carbons (Fsp3) is 0.217. The number of fused-ring (bicyclic) bond motifs is 1. The normalized spacial score (nSPS) is 15.6. The lowest BCUT2D eigenvalue weighted by Crippen LogP contribution is -2.30. The summed E-state index contributed by atoms with van der Waals surface area (Å²) in [7, 11) is 1.63. The molecule has 148 valence electrons. The highest BCUT2D eigenvalue weighted by atomic mass is 16.5. The van der Waals surface area contributed by atoms with Crippen molar-refractivity contribution in [2.75, 3.05) is 13.7 Å². The number of carbonyl (C=O) groups excluding carboxylic acids is 1. The van der Waals surface area contributed by atoms with Crippen molar-refractivity contribution >= 4 is 12.0 Å². The molecule has 0 radical (unpaired) electrons. The van der Waals surface area contributed by atoms with E-state index in [1.165, 1.54) is 0 Å². The Morgan fingerprint density at radius 2 is 2.17 bits per heavy atom. The van der Waals surface area contributed by atoms with Gasteiger partial charge >= 0.3 is 0 Å². The first-order valence-electron chi connectivity index (χ1n) is 9.53. The van der Waals surface area contributed by atoms with Crippen molar-refractivity contribution in [3.05, 3.63) is 77.9 Å². The number of para-hydroxylation sites is 1. The smallest absolute Gasteiger partial charge is 0.244 e. The summed E-state index contributed by atoms with van der Waals surface area (Å²) < 4.78 is 13.1. The number of nitrogens with one attached hydrogen (secondary N) is 1. The van der Waals surface area contributed by atoms with Gasteiger partial charge in [-0.25, -0.2) is 4.98 Å². The number of carbonyl (C=O) groups is 1. The third-order valence-corrected chi connectivity index (χ3v) is 4.90. The quantitative estimate of drug-likeness (QED) is 0.674. The predicted octanol–water partition coefficient (Wildman–Crippen LogP) is 3.84. The van der Waals surface area contributed by atoms with E-state index < -0.39 is 0 Å². The maximum Gasteiger partial charge on any atom is 0.244 e. The molecule has 0 saturated carbocycles. The van der Waals surface area contributed by atoms with Crippen LogP contribution in [-0.2, 0) is 4.79 Å². The molecule has 1 aliphatic rings. The van der Waals surface area contributed by atoms with Gasteiger partial charge in [-0.1, -0.05) is 24.3 Å². The van der Waals surface area contributed by atoms with Crippen molar-refractivity contribution in [2.24, 2.45) is 0 Å². The number of rotatable bonds is 5. The summed E-state index contributed by atoms with van der Waals surface area (Å²) in [6.07, 6.45) is 7.78. The fourth-order valence-corrected chi connectivity index (χ4v) is 3.45. The maximum atomic E-state index is 12.5. The average Bonchev–Trinajstić information content (AvgIpc) is 3.18. The van der Waals surface area contributed by atoms with Crippen molar-refractivity contribution in [2.45, 2.75) is 19.4 Å². The topological polar surface area (TPSA) is 65.4 Å². The second-order valence-electron chi connectivity index (χ2n) is 6.92. The highest BCUT2D eigenvalue weighted by Gasteiger charge is 2.21. The van der Waals surface area contributed by atoms with Crippen LogP contribution >= 0.6 is 0 Å². The van der Waals surface area contributed by atoms with Crippen molar-refractivity contribution < 1.29 is 14.3 Å². The van der Waals surface area contributed by atoms with E-state index in [0.29, 0.717) is 12.4 Å². The fourth-order valence-electron chi connectivity index (χ4n) is 3.45. The lowest BCUT2D eigenvalue weighted by molar-refractivity contribution is -0.117. The van der Waals surface area contributed by atoms with Gasteiger partial charge in [0.15, 0.2) is 0 Å². The molecule has 1 amide bonds. The van der Waals surface area contributed by atoms with Crippen LogP contribution in [0.4, 0.5) is 0 Å². The van der Waals surface area contributed by atoms with Crippen molar-refractivity contribution in [1.29, 1.82) is 0 Å². The number of hydrogen-bond donors (Lipinski definition) is 1.